The van der Waals surface area contributed by atoms with Crippen LogP contribution in [0.4, 0.5) is 0 Å². The Morgan fingerprint density at radius 2 is 1.89 bits per heavy atom. The first-order chi connectivity index (χ1) is 9.24. The molecule has 1 N–H and O–H groups in total. The van der Waals surface area contributed by atoms with Gasteiger partial charge in [-0.25, -0.2) is 4.68 Å². The van der Waals surface area contributed by atoms with E-state index in [2.05, 4.69) is 22.4 Å². The Hall–Kier alpha value is -1.11. The van der Waals surface area contributed by atoms with Gasteiger partial charge in [0.05, 0.1) is 0 Å². The lowest BCUT2D eigenvalue weighted by molar-refractivity contribution is -0.138. The number of carboxylic acid groups (broad SMARTS) is 1. The van der Waals surface area contributed by atoms with E-state index in [0.717, 1.165) is 12.2 Å². The number of carbonyl (C=O) groups is 1. The second-order valence-corrected chi connectivity index (χ2v) is 5.54. The molecule has 0 saturated carbocycles. The molecule has 1 rings (SSSR count). The molecule has 0 atom stereocenters. The zero-order valence-corrected chi connectivity index (χ0v) is 12.2. The van der Waals surface area contributed by atoms with Crippen molar-refractivity contribution >= 4 is 17.7 Å². The monoisotopic (exact) mass is 286 g/mol. The van der Waals surface area contributed by atoms with Gasteiger partial charge in [0.15, 0.2) is 0 Å². The fraction of sp³-hybridized carbons (Fsp3) is 0.833. The first kappa shape index (κ1) is 15.9. The van der Waals surface area contributed by atoms with Crippen LogP contribution < -0.4 is 0 Å². The zero-order chi connectivity index (χ0) is 13.9. The van der Waals surface area contributed by atoms with Gasteiger partial charge in [-0.15, -0.1) is 5.10 Å². The Bertz CT molecular complexity index is 370. The van der Waals surface area contributed by atoms with Crippen LogP contribution in [-0.4, -0.2) is 37.0 Å². The van der Waals surface area contributed by atoms with E-state index in [9.17, 15) is 4.79 Å². The summed E-state index contributed by atoms with van der Waals surface area (Å²) in [5.74, 6) is 0.0124. The van der Waals surface area contributed by atoms with Crippen molar-refractivity contribution in [3.63, 3.8) is 0 Å². The van der Waals surface area contributed by atoms with E-state index in [1.807, 2.05) is 0 Å². The highest BCUT2D eigenvalue weighted by atomic mass is 32.2. The first-order valence-electron chi connectivity index (χ1n) is 6.84. The largest absolute Gasteiger partial charge is 0.480 e. The number of tetrazole rings is 1. The van der Waals surface area contributed by atoms with Gasteiger partial charge in [-0.1, -0.05) is 57.2 Å². The number of unbranched alkanes of at least 4 members (excludes halogenated alkanes) is 6. The molecule has 0 bridgehead atoms. The highest BCUT2D eigenvalue weighted by Crippen LogP contribution is 2.16. The molecule has 0 amide bonds. The summed E-state index contributed by atoms with van der Waals surface area (Å²) in [6.45, 7) is 2.05. The third-order valence-corrected chi connectivity index (χ3v) is 3.81. The molecule has 1 aromatic heterocycles. The molecule has 7 heteroatoms. The Labute approximate surface area is 118 Å². The summed E-state index contributed by atoms with van der Waals surface area (Å²) in [7, 11) is 0. The first-order valence-corrected chi connectivity index (χ1v) is 7.83. The third-order valence-electron chi connectivity index (χ3n) is 2.76. The van der Waals surface area contributed by atoms with E-state index >= 15 is 0 Å². The molecule has 19 heavy (non-hydrogen) atoms. The zero-order valence-electron chi connectivity index (χ0n) is 11.4. The SMILES string of the molecule is CCCCCCCCCSc1nnnn1CC(=O)O. The topological polar surface area (TPSA) is 80.9 Å². The number of hydrogen-bond acceptors (Lipinski definition) is 5. The predicted molar refractivity (Wildman–Crippen MR) is 74.2 cm³/mol. The summed E-state index contributed by atoms with van der Waals surface area (Å²) in [5.41, 5.74) is 0. The summed E-state index contributed by atoms with van der Waals surface area (Å²) in [6.07, 6.45) is 8.88. The van der Waals surface area contributed by atoms with Crippen LogP contribution in [0.25, 0.3) is 0 Å². The van der Waals surface area contributed by atoms with Crippen molar-refractivity contribution in [3.8, 4) is 0 Å². The minimum atomic E-state index is -0.926. The molecule has 0 unspecified atom stereocenters. The van der Waals surface area contributed by atoms with E-state index in [4.69, 9.17) is 5.11 Å². The predicted octanol–water partition coefficient (Wildman–Crippen LogP) is 2.60. The quantitative estimate of drug-likeness (QED) is 0.497. The Morgan fingerprint density at radius 3 is 2.58 bits per heavy atom. The van der Waals surface area contributed by atoms with E-state index in [-0.39, 0.29) is 6.54 Å². The molecule has 6 nitrogen and oxygen atoms in total. The van der Waals surface area contributed by atoms with Gasteiger partial charge >= 0.3 is 5.97 Å². The van der Waals surface area contributed by atoms with Gasteiger partial charge in [0, 0.05) is 5.75 Å². The highest BCUT2D eigenvalue weighted by Gasteiger charge is 2.09. The van der Waals surface area contributed by atoms with Gasteiger partial charge in [-0.3, -0.25) is 4.79 Å². The standard InChI is InChI=1S/C12H22N4O2S/c1-2-3-4-5-6-7-8-9-19-12-13-14-15-16(12)10-11(17)18/h2-10H2,1H3,(H,17,18). The van der Waals surface area contributed by atoms with Crippen LogP contribution in [-0.2, 0) is 11.3 Å². The Morgan fingerprint density at radius 1 is 1.21 bits per heavy atom. The van der Waals surface area contributed by atoms with E-state index in [1.165, 1.54) is 55.0 Å². The van der Waals surface area contributed by atoms with Gasteiger partial charge in [0.25, 0.3) is 0 Å². The normalized spacial score (nSPS) is 10.8. The molecule has 0 aliphatic carbocycles. The second kappa shape index (κ2) is 9.77. The van der Waals surface area contributed by atoms with Crippen molar-refractivity contribution in [2.75, 3.05) is 5.75 Å². The molecule has 0 spiro atoms. The van der Waals surface area contributed by atoms with E-state index in [1.54, 1.807) is 0 Å². The van der Waals surface area contributed by atoms with Crippen LogP contribution in [0, 0.1) is 0 Å². The summed E-state index contributed by atoms with van der Waals surface area (Å²) in [6, 6.07) is 0. The lowest BCUT2D eigenvalue weighted by Crippen LogP contribution is -2.11. The lowest BCUT2D eigenvalue weighted by Gasteiger charge is -2.02. The van der Waals surface area contributed by atoms with Crippen LogP contribution in [0.2, 0.25) is 0 Å². The molecule has 0 fully saturated rings. The number of aromatic nitrogens is 4. The molecule has 0 aliphatic heterocycles. The molecule has 108 valence electrons. The van der Waals surface area contributed by atoms with Crippen molar-refractivity contribution in [1.29, 1.82) is 0 Å². The van der Waals surface area contributed by atoms with Gasteiger partial charge in [0.2, 0.25) is 5.16 Å². The highest BCUT2D eigenvalue weighted by molar-refractivity contribution is 7.99. The number of nitrogens with zero attached hydrogens (tertiary/aromatic N) is 4. The van der Waals surface area contributed by atoms with Gasteiger partial charge < -0.3 is 5.11 Å². The average Bonchev–Trinajstić information content (AvgIpc) is 2.79. The molecule has 0 aromatic carbocycles. The van der Waals surface area contributed by atoms with Crippen molar-refractivity contribution < 1.29 is 9.90 Å². The lowest BCUT2D eigenvalue weighted by atomic mass is 10.1. The van der Waals surface area contributed by atoms with Crippen LogP contribution >= 0.6 is 11.8 Å². The van der Waals surface area contributed by atoms with E-state index in [0.29, 0.717) is 5.16 Å². The van der Waals surface area contributed by atoms with Crippen LogP contribution in [0.5, 0.6) is 0 Å². The summed E-state index contributed by atoms with van der Waals surface area (Å²) < 4.78 is 1.33. The minimum Gasteiger partial charge on any atom is -0.480 e. The Balaban J connectivity index is 2.09. The van der Waals surface area contributed by atoms with Crippen LogP contribution in [0.15, 0.2) is 5.16 Å². The molecular formula is C12H22N4O2S. The maximum Gasteiger partial charge on any atom is 0.325 e. The second-order valence-electron chi connectivity index (χ2n) is 4.48. The van der Waals surface area contributed by atoms with Crippen molar-refractivity contribution in [3.05, 3.63) is 0 Å². The molecule has 0 saturated heterocycles. The van der Waals surface area contributed by atoms with Gasteiger partial charge in [-0.05, 0) is 16.8 Å². The summed E-state index contributed by atoms with van der Waals surface area (Å²) in [4.78, 5) is 10.6. The van der Waals surface area contributed by atoms with Gasteiger partial charge in [0.1, 0.15) is 6.54 Å². The molecular weight excluding hydrogens is 264 g/mol. The van der Waals surface area contributed by atoms with Gasteiger partial charge in [-0.2, -0.15) is 0 Å². The number of carboxylic acids is 1. The molecule has 0 aliphatic rings. The summed E-state index contributed by atoms with van der Waals surface area (Å²) >= 11 is 1.53. The fourth-order valence-corrected chi connectivity index (χ4v) is 2.63. The van der Waals surface area contributed by atoms with Crippen LogP contribution in [0.1, 0.15) is 51.9 Å². The smallest absolute Gasteiger partial charge is 0.325 e. The van der Waals surface area contributed by atoms with Crippen molar-refractivity contribution in [2.24, 2.45) is 0 Å². The minimum absolute atomic E-state index is 0.174. The van der Waals surface area contributed by atoms with Crippen molar-refractivity contribution in [1.82, 2.24) is 20.2 Å². The molecule has 1 aromatic rings. The Kier molecular flexibility index (Phi) is 8.20. The number of rotatable bonds is 11. The summed E-state index contributed by atoms with van der Waals surface area (Å²) in [5, 5.41) is 20.3. The number of aliphatic carboxylic acids is 1. The van der Waals surface area contributed by atoms with Crippen LogP contribution in [0.3, 0.4) is 0 Å². The molecule has 1 heterocycles. The molecule has 0 radical (unpaired) electrons. The average molecular weight is 286 g/mol. The van der Waals surface area contributed by atoms with Crippen molar-refractivity contribution in [2.45, 2.75) is 63.6 Å². The number of thioether (sulfide) groups is 1. The maximum atomic E-state index is 10.6. The number of hydrogen-bond donors (Lipinski definition) is 1. The third kappa shape index (κ3) is 7.15. The van der Waals surface area contributed by atoms with E-state index < -0.39 is 5.97 Å². The maximum absolute atomic E-state index is 10.6. The fourth-order valence-electron chi connectivity index (χ4n) is 1.75.